The first-order valence-electron chi connectivity index (χ1n) is 5.68. The van der Waals surface area contributed by atoms with Gasteiger partial charge in [0, 0.05) is 0 Å². The maximum atomic E-state index is 11.9. The molecule has 9 nitrogen and oxygen atoms in total. The molecule has 0 aliphatic carbocycles. The van der Waals surface area contributed by atoms with Crippen LogP contribution in [0.15, 0.2) is 27.0 Å². The molecule has 0 aliphatic rings. The fourth-order valence-electron chi connectivity index (χ4n) is 1.59. The van der Waals surface area contributed by atoms with Gasteiger partial charge in [0.05, 0.1) is 19.7 Å². The molecule has 0 spiro atoms. The van der Waals surface area contributed by atoms with Crippen LogP contribution in [0.1, 0.15) is 6.92 Å². The molecule has 1 heterocycles. The molecule has 1 unspecified atom stereocenters. The lowest BCUT2D eigenvalue weighted by atomic mass is 10.0. The Morgan fingerprint density at radius 3 is 2.40 bits per heavy atom. The van der Waals surface area contributed by atoms with Crippen molar-refractivity contribution in [2.45, 2.75) is 25.6 Å². The van der Waals surface area contributed by atoms with Crippen LogP contribution in [0.5, 0.6) is 0 Å². The number of aliphatic hydroxyl groups excluding tert-OH is 1. The number of aromatic amines is 1. The maximum absolute atomic E-state index is 11.9. The van der Waals surface area contributed by atoms with Gasteiger partial charge in [-0.2, -0.15) is 0 Å². The van der Waals surface area contributed by atoms with E-state index in [1.54, 1.807) is 0 Å². The first kappa shape index (κ1) is 15.8. The molecular weight excluding hydrogens is 270 g/mol. The monoisotopic (exact) mass is 285 g/mol. The van der Waals surface area contributed by atoms with Crippen molar-refractivity contribution in [3.63, 3.8) is 0 Å². The van der Waals surface area contributed by atoms with Gasteiger partial charge in [-0.05, 0) is 13.0 Å². The number of hydrogen-bond donors (Lipinski definition) is 3. The normalized spacial score (nSPS) is 13.8. The second-order valence-electron chi connectivity index (χ2n) is 4.32. The Morgan fingerprint density at radius 1 is 1.35 bits per heavy atom. The van der Waals surface area contributed by atoms with Crippen LogP contribution in [0, 0.1) is 0 Å². The Kier molecular flexibility index (Phi) is 4.58. The van der Waals surface area contributed by atoms with E-state index in [0.717, 1.165) is 13.0 Å². The Labute approximate surface area is 112 Å². The highest BCUT2D eigenvalue weighted by molar-refractivity contribution is 5.95. The number of aliphatic hydroxyl groups is 2. The van der Waals surface area contributed by atoms with Crippen LogP contribution >= 0.6 is 0 Å². The van der Waals surface area contributed by atoms with Crippen LogP contribution in [-0.4, -0.2) is 42.3 Å². The van der Waals surface area contributed by atoms with Crippen LogP contribution < -0.4 is 17.1 Å². The largest absolute Gasteiger partial charge is 0.395 e. The number of H-pyrrole nitrogens is 1. The lowest BCUT2D eigenvalue weighted by Crippen LogP contribution is -2.53. The first-order chi connectivity index (χ1) is 9.24. The van der Waals surface area contributed by atoms with Gasteiger partial charge in [0.15, 0.2) is 5.78 Å². The summed E-state index contributed by atoms with van der Waals surface area (Å²) in [6.45, 7) is 2.88. The first-order valence-corrected chi connectivity index (χ1v) is 5.68. The summed E-state index contributed by atoms with van der Waals surface area (Å²) < 4.78 is 1.11. The van der Waals surface area contributed by atoms with Gasteiger partial charge in [-0.25, -0.2) is 23.5 Å². The van der Waals surface area contributed by atoms with E-state index < -0.39 is 41.6 Å². The average Bonchev–Trinajstić information content (AvgIpc) is 2.38. The summed E-state index contributed by atoms with van der Waals surface area (Å²) in [6.07, 6.45) is 0.864. The van der Waals surface area contributed by atoms with Gasteiger partial charge < -0.3 is 10.2 Å². The molecule has 0 saturated heterocycles. The van der Waals surface area contributed by atoms with Crippen molar-refractivity contribution in [3.05, 3.63) is 44.1 Å². The molecule has 3 N–H and O–H groups in total. The number of nitrogens with zero attached hydrogens (tertiary/aromatic N) is 2. The van der Waals surface area contributed by atoms with Crippen molar-refractivity contribution in [1.29, 1.82) is 0 Å². The number of hydrogen-bond acceptors (Lipinski definition) is 6. The molecule has 0 aliphatic heterocycles. The second kappa shape index (κ2) is 5.80. The minimum Gasteiger partial charge on any atom is -0.395 e. The summed E-state index contributed by atoms with van der Waals surface area (Å²) in [5.74, 6) is -0.774. The van der Waals surface area contributed by atoms with E-state index in [0.29, 0.717) is 9.13 Å². The molecule has 1 aromatic heterocycles. The molecule has 0 amide bonds. The predicted molar refractivity (Wildman–Crippen MR) is 68.5 cm³/mol. The van der Waals surface area contributed by atoms with E-state index in [4.69, 9.17) is 5.11 Å². The predicted octanol–water partition coefficient (Wildman–Crippen LogP) is -2.80. The number of carbonyl (C=O) groups excluding carboxylic acids is 1. The quantitative estimate of drug-likeness (QED) is 0.483. The number of aromatic nitrogens is 3. The summed E-state index contributed by atoms with van der Waals surface area (Å²) in [4.78, 5) is 48.2. The van der Waals surface area contributed by atoms with Crippen molar-refractivity contribution in [3.8, 4) is 0 Å². The zero-order chi connectivity index (χ0) is 15.5. The molecule has 1 aromatic rings. The molecule has 0 saturated carbocycles. The summed E-state index contributed by atoms with van der Waals surface area (Å²) in [5, 5.41) is 18.7. The lowest BCUT2D eigenvalue weighted by molar-refractivity contribution is -0.131. The molecule has 110 valence electrons. The number of ketones is 1. The minimum atomic E-state index is -2.01. The molecule has 9 heteroatoms. The number of nitrogens with one attached hydrogen (secondary N) is 1. The zero-order valence-corrected chi connectivity index (χ0v) is 10.8. The van der Waals surface area contributed by atoms with Gasteiger partial charge in [-0.15, -0.1) is 0 Å². The Hall–Kier alpha value is -2.26. The van der Waals surface area contributed by atoms with Crippen molar-refractivity contribution < 1.29 is 15.0 Å². The second-order valence-corrected chi connectivity index (χ2v) is 4.32. The third-order valence-electron chi connectivity index (χ3n) is 2.67. The van der Waals surface area contributed by atoms with E-state index in [-0.39, 0.29) is 6.54 Å². The van der Waals surface area contributed by atoms with Crippen LogP contribution in [0.2, 0.25) is 0 Å². The summed E-state index contributed by atoms with van der Waals surface area (Å²) in [7, 11) is 0. The van der Waals surface area contributed by atoms with Gasteiger partial charge in [-0.3, -0.25) is 9.78 Å². The molecule has 0 aromatic carbocycles. The van der Waals surface area contributed by atoms with E-state index in [1.807, 2.05) is 4.98 Å². The van der Waals surface area contributed by atoms with Crippen molar-refractivity contribution >= 4 is 5.78 Å². The highest BCUT2D eigenvalue weighted by Gasteiger charge is 2.30. The molecule has 1 rings (SSSR count). The molecule has 0 radical (unpaired) electrons. The zero-order valence-electron chi connectivity index (χ0n) is 10.8. The summed E-state index contributed by atoms with van der Waals surface area (Å²) in [6, 6.07) is 0. The standard InChI is InChI=1S/C11H15N3O6/c1-3-7(16)11(2,20)6-14-9(18)12-8(17)13(4-5-15)10(14)19/h3,15,20H,1,4-6H2,2H3,(H,12,17,18). The highest BCUT2D eigenvalue weighted by Crippen LogP contribution is 2.06. The van der Waals surface area contributed by atoms with Crippen LogP contribution in [-0.2, 0) is 17.9 Å². The van der Waals surface area contributed by atoms with Crippen molar-refractivity contribution in [1.82, 2.24) is 14.1 Å². The summed E-state index contributed by atoms with van der Waals surface area (Å²) >= 11 is 0. The Bertz CT molecular complexity index is 693. The third kappa shape index (κ3) is 3.00. The van der Waals surface area contributed by atoms with E-state index in [2.05, 4.69) is 6.58 Å². The van der Waals surface area contributed by atoms with Crippen LogP contribution in [0.4, 0.5) is 0 Å². The van der Waals surface area contributed by atoms with Gasteiger partial charge >= 0.3 is 17.1 Å². The Balaban J connectivity index is 3.40. The number of rotatable bonds is 6. The Morgan fingerprint density at radius 2 is 1.90 bits per heavy atom. The smallest absolute Gasteiger partial charge is 0.336 e. The third-order valence-corrected chi connectivity index (χ3v) is 2.67. The topological polar surface area (TPSA) is 134 Å². The van der Waals surface area contributed by atoms with E-state index >= 15 is 0 Å². The fourth-order valence-corrected chi connectivity index (χ4v) is 1.59. The molecule has 1 atom stereocenters. The molecule has 0 fully saturated rings. The van der Waals surface area contributed by atoms with Crippen LogP contribution in [0.3, 0.4) is 0 Å². The van der Waals surface area contributed by atoms with Gasteiger partial charge in [-0.1, -0.05) is 6.58 Å². The van der Waals surface area contributed by atoms with Gasteiger partial charge in [0.25, 0.3) is 0 Å². The fraction of sp³-hybridized carbons (Fsp3) is 0.455. The minimum absolute atomic E-state index is 0.313. The van der Waals surface area contributed by atoms with E-state index in [9.17, 15) is 24.3 Å². The van der Waals surface area contributed by atoms with Crippen molar-refractivity contribution in [2.75, 3.05) is 6.61 Å². The SMILES string of the molecule is C=CC(=O)C(C)(O)Cn1c(=O)[nH]c(=O)n(CCO)c1=O. The van der Waals surface area contributed by atoms with Gasteiger partial charge in [0.2, 0.25) is 0 Å². The van der Waals surface area contributed by atoms with E-state index in [1.165, 1.54) is 0 Å². The van der Waals surface area contributed by atoms with Crippen molar-refractivity contribution in [2.24, 2.45) is 0 Å². The molecular formula is C11H15N3O6. The van der Waals surface area contributed by atoms with Gasteiger partial charge in [0.1, 0.15) is 5.60 Å². The maximum Gasteiger partial charge on any atom is 0.336 e. The average molecular weight is 285 g/mol. The molecule has 0 bridgehead atoms. The number of carbonyl (C=O) groups is 1. The highest BCUT2D eigenvalue weighted by atomic mass is 16.3. The lowest BCUT2D eigenvalue weighted by Gasteiger charge is -2.20. The summed E-state index contributed by atoms with van der Waals surface area (Å²) in [5.41, 5.74) is -5.06. The molecule has 20 heavy (non-hydrogen) atoms. The van der Waals surface area contributed by atoms with Crippen LogP contribution in [0.25, 0.3) is 0 Å².